The summed E-state index contributed by atoms with van der Waals surface area (Å²) >= 11 is 0. The molecule has 0 bridgehead atoms. The lowest BCUT2D eigenvalue weighted by molar-refractivity contribution is -0.120. The van der Waals surface area contributed by atoms with Crippen molar-refractivity contribution in [1.29, 1.82) is 0 Å². The summed E-state index contributed by atoms with van der Waals surface area (Å²) in [5, 5.41) is 6.39. The van der Waals surface area contributed by atoms with Crippen LogP contribution in [0.3, 0.4) is 0 Å². The van der Waals surface area contributed by atoms with Gasteiger partial charge in [0.2, 0.25) is 0 Å². The van der Waals surface area contributed by atoms with Crippen LogP contribution >= 0.6 is 0 Å². The normalized spacial score (nSPS) is 27.5. The highest BCUT2D eigenvalue weighted by molar-refractivity contribution is 6.00. The zero-order valence-electron chi connectivity index (χ0n) is 6.39. The zero-order valence-corrected chi connectivity index (χ0v) is 6.39. The molecule has 3 nitrogen and oxygen atoms in total. The molecule has 0 aromatic rings. The Morgan fingerprint density at radius 3 is 2.64 bits per heavy atom. The molecule has 0 saturated carbocycles. The van der Waals surface area contributed by atoms with Crippen molar-refractivity contribution in [3.05, 3.63) is 12.3 Å². The van der Waals surface area contributed by atoms with Gasteiger partial charge in [0.1, 0.15) is 5.54 Å². The SMILES string of the molecule is O=C1C=CNC12CCNCC2. The predicted octanol–water partition coefficient (Wildman–Crippen LogP) is -0.205. The maximum atomic E-state index is 11.4. The Balaban J connectivity index is 2.15. The Morgan fingerprint density at radius 1 is 1.36 bits per heavy atom. The Labute approximate surface area is 65.9 Å². The van der Waals surface area contributed by atoms with Gasteiger partial charge >= 0.3 is 0 Å². The molecule has 1 spiro atoms. The molecule has 0 aliphatic carbocycles. The van der Waals surface area contributed by atoms with Crippen LogP contribution in [0.15, 0.2) is 12.3 Å². The van der Waals surface area contributed by atoms with Crippen LogP contribution in [0.4, 0.5) is 0 Å². The van der Waals surface area contributed by atoms with Crippen molar-refractivity contribution >= 4 is 5.78 Å². The Kier molecular flexibility index (Phi) is 1.46. The molecule has 1 saturated heterocycles. The lowest BCUT2D eigenvalue weighted by atomic mass is 9.86. The van der Waals surface area contributed by atoms with Gasteiger partial charge in [-0.3, -0.25) is 4.79 Å². The summed E-state index contributed by atoms with van der Waals surface area (Å²) in [5.74, 6) is 0.249. The molecule has 0 aromatic carbocycles. The lowest BCUT2D eigenvalue weighted by Gasteiger charge is -2.32. The van der Waals surface area contributed by atoms with Crippen LogP contribution in [-0.2, 0) is 4.79 Å². The molecule has 2 N–H and O–H groups in total. The number of rotatable bonds is 0. The van der Waals surface area contributed by atoms with Crippen LogP contribution < -0.4 is 10.6 Å². The highest BCUT2D eigenvalue weighted by atomic mass is 16.1. The van der Waals surface area contributed by atoms with Crippen molar-refractivity contribution in [3.63, 3.8) is 0 Å². The fourth-order valence-corrected chi connectivity index (χ4v) is 1.75. The van der Waals surface area contributed by atoms with Crippen LogP contribution in [0.1, 0.15) is 12.8 Å². The molecule has 2 aliphatic heterocycles. The largest absolute Gasteiger partial charge is 0.378 e. The minimum atomic E-state index is -0.231. The number of hydrogen-bond donors (Lipinski definition) is 2. The van der Waals surface area contributed by atoms with Gasteiger partial charge in [-0.1, -0.05) is 0 Å². The molecule has 11 heavy (non-hydrogen) atoms. The van der Waals surface area contributed by atoms with Crippen molar-refractivity contribution in [2.24, 2.45) is 0 Å². The van der Waals surface area contributed by atoms with Gasteiger partial charge in [-0.05, 0) is 32.0 Å². The number of piperidine rings is 1. The quantitative estimate of drug-likeness (QED) is 0.505. The van der Waals surface area contributed by atoms with Crippen molar-refractivity contribution in [3.8, 4) is 0 Å². The molecule has 2 rings (SSSR count). The van der Waals surface area contributed by atoms with Crippen LogP contribution in [-0.4, -0.2) is 24.4 Å². The first-order valence-corrected chi connectivity index (χ1v) is 4.03. The minimum absolute atomic E-state index is 0.231. The van der Waals surface area contributed by atoms with Gasteiger partial charge in [0.05, 0.1) is 0 Å². The van der Waals surface area contributed by atoms with E-state index in [9.17, 15) is 4.79 Å². The first-order valence-electron chi connectivity index (χ1n) is 4.03. The summed E-state index contributed by atoms with van der Waals surface area (Å²) in [6.07, 6.45) is 5.25. The van der Waals surface area contributed by atoms with Crippen molar-refractivity contribution in [2.75, 3.05) is 13.1 Å². The Morgan fingerprint density at radius 2 is 2.09 bits per heavy atom. The molecular weight excluding hydrogens is 140 g/mol. The minimum Gasteiger partial charge on any atom is -0.378 e. The summed E-state index contributed by atoms with van der Waals surface area (Å²) in [6.45, 7) is 1.89. The van der Waals surface area contributed by atoms with E-state index in [0.717, 1.165) is 25.9 Å². The van der Waals surface area contributed by atoms with Crippen molar-refractivity contribution in [1.82, 2.24) is 10.6 Å². The fraction of sp³-hybridized carbons (Fsp3) is 0.625. The number of ketones is 1. The van der Waals surface area contributed by atoms with Gasteiger partial charge in [0.15, 0.2) is 5.78 Å². The smallest absolute Gasteiger partial charge is 0.182 e. The zero-order chi connectivity index (χ0) is 7.73. The molecule has 0 atom stereocenters. The molecule has 0 unspecified atom stereocenters. The van der Waals surface area contributed by atoms with Crippen molar-refractivity contribution in [2.45, 2.75) is 18.4 Å². The van der Waals surface area contributed by atoms with E-state index in [2.05, 4.69) is 10.6 Å². The van der Waals surface area contributed by atoms with Gasteiger partial charge in [-0.2, -0.15) is 0 Å². The summed E-state index contributed by atoms with van der Waals surface area (Å²) in [4.78, 5) is 11.4. The Bertz CT molecular complexity index is 204. The second kappa shape index (κ2) is 2.34. The monoisotopic (exact) mass is 152 g/mol. The van der Waals surface area contributed by atoms with Crippen molar-refractivity contribution < 1.29 is 4.79 Å². The number of nitrogens with one attached hydrogen (secondary N) is 2. The predicted molar refractivity (Wildman–Crippen MR) is 42.1 cm³/mol. The molecule has 2 aliphatic rings. The van der Waals surface area contributed by atoms with Gasteiger partial charge in [0.25, 0.3) is 0 Å². The standard InChI is InChI=1S/C8H12N2O/c11-7-1-4-10-8(7)2-5-9-6-3-8/h1,4,9-10H,2-3,5-6H2. The molecule has 1 fully saturated rings. The average molecular weight is 152 g/mol. The maximum Gasteiger partial charge on any atom is 0.182 e. The van der Waals surface area contributed by atoms with Crippen LogP contribution in [0, 0.1) is 0 Å². The highest BCUT2D eigenvalue weighted by Gasteiger charge is 2.39. The van der Waals surface area contributed by atoms with Crippen LogP contribution in [0.5, 0.6) is 0 Å². The van der Waals surface area contributed by atoms with E-state index in [1.54, 1.807) is 12.3 Å². The first-order chi connectivity index (χ1) is 5.33. The third-order valence-corrected chi connectivity index (χ3v) is 2.52. The van der Waals surface area contributed by atoms with E-state index in [0.29, 0.717) is 0 Å². The van der Waals surface area contributed by atoms with E-state index in [1.165, 1.54) is 0 Å². The second-order valence-corrected chi connectivity index (χ2v) is 3.17. The van der Waals surface area contributed by atoms with Gasteiger partial charge in [-0.15, -0.1) is 0 Å². The van der Waals surface area contributed by atoms with Gasteiger partial charge < -0.3 is 10.6 Å². The van der Waals surface area contributed by atoms with E-state index < -0.39 is 0 Å². The molecule has 60 valence electrons. The molecule has 2 heterocycles. The first kappa shape index (κ1) is 6.85. The van der Waals surface area contributed by atoms with E-state index in [1.807, 2.05) is 0 Å². The van der Waals surface area contributed by atoms with E-state index in [-0.39, 0.29) is 11.3 Å². The topological polar surface area (TPSA) is 41.1 Å². The molecule has 0 amide bonds. The third kappa shape index (κ3) is 0.959. The summed E-state index contributed by atoms with van der Waals surface area (Å²) < 4.78 is 0. The van der Waals surface area contributed by atoms with E-state index in [4.69, 9.17) is 0 Å². The van der Waals surface area contributed by atoms with Crippen LogP contribution in [0.25, 0.3) is 0 Å². The number of hydrogen-bond acceptors (Lipinski definition) is 3. The molecule has 0 aromatic heterocycles. The fourth-order valence-electron chi connectivity index (χ4n) is 1.75. The van der Waals surface area contributed by atoms with Gasteiger partial charge in [-0.25, -0.2) is 0 Å². The highest BCUT2D eigenvalue weighted by Crippen LogP contribution is 2.23. The summed E-state index contributed by atoms with van der Waals surface area (Å²) in [7, 11) is 0. The Hall–Kier alpha value is -0.830. The van der Waals surface area contributed by atoms with Crippen LogP contribution in [0.2, 0.25) is 0 Å². The molecular formula is C8H12N2O. The molecule has 3 heteroatoms. The summed E-state index contributed by atoms with van der Waals surface area (Å²) in [6, 6.07) is 0. The van der Waals surface area contributed by atoms with Gasteiger partial charge in [0, 0.05) is 6.20 Å². The molecule has 0 radical (unpaired) electrons. The third-order valence-electron chi connectivity index (χ3n) is 2.52. The van der Waals surface area contributed by atoms with E-state index >= 15 is 0 Å². The maximum absolute atomic E-state index is 11.4. The second-order valence-electron chi connectivity index (χ2n) is 3.17. The average Bonchev–Trinajstić information content (AvgIpc) is 2.36. The summed E-state index contributed by atoms with van der Waals surface area (Å²) in [5.41, 5.74) is -0.231. The number of carbonyl (C=O) groups excluding carboxylic acids is 1. The lowest BCUT2D eigenvalue weighted by Crippen LogP contribution is -2.52. The number of carbonyl (C=O) groups is 1.